The van der Waals surface area contributed by atoms with E-state index >= 15 is 0 Å². The zero-order valence-electron chi connectivity index (χ0n) is 10.7. The van der Waals surface area contributed by atoms with E-state index in [1.807, 2.05) is 0 Å². The van der Waals surface area contributed by atoms with Gasteiger partial charge in [0.2, 0.25) is 0 Å². The zero-order chi connectivity index (χ0) is 14.8. The van der Waals surface area contributed by atoms with Crippen molar-refractivity contribution in [3.8, 4) is 0 Å². The predicted molar refractivity (Wildman–Crippen MR) is 68.6 cm³/mol. The Balaban J connectivity index is 3.80. The summed E-state index contributed by atoms with van der Waals surface area (Å²) in [6.45, 7) is 1.62. The van der Waals surface area contributed by atoms with Crippen LogP contribution < -0.4 is 5.73 Å². The summed E-state index contributed by atoms with van der Waals surface area (Å²) in [5.74, 6) is 0. The van der Waals surface area contributed by atoms with Crippen molar-refractivity contribution < 1.29 is 25.2 Å². The number of nitrogen functional groups attached to an aromatic ring is 1. The lowest BCUT2D eigenvalue weighted by molar-refractivity contribution is 0.394. The van der Waals surface area contributed by atoms with Crippen LogP contribution in [0.25, 0.3) is 0 Å². The highest BCUT2D eigenvalue weighted by Gasteiger charge is 2.26. The molecule has 0 fully saturated rings. The van der Waals surface area contributed by atoms with Crippen molar-refractivity contribution in [3.05, 3.63) is 17.7 Å². The molecule has 0 spiro atoms. The number of hydrogen-bond donors (Lipinski definition) is 1. The van der Waals surface area contributed by atoms with E-state index in [2.05, 4.69) is 8.37 Å². The number of rotatable bonds is 5. The molecule has 0 saturated heterocycles. The van der Waals surface area contributed by atoms with E-state index in [0.717, 1.165) is 26.4 Å². The molecule has 1 aromatic rings. The molecule has 0 amide bonds. The lowest BCUT2D eigenvalue weighted by Crippen LogP contribution is -2.13. The molecule has 0 saturated carbocycles. The van der Waals surface area contributed by atoms with Gasteiger partial charge in [0.25, 0.3) is 20.2 Å². The molecule has 0 atom stereocenters. The van der Waals surface area contributed by atoms with Gasteiger partial charge in [0.15, 0.2) is 0 Å². The van der Waals surface area contributed by atoms with Gasteiger partial charge in [-0.05, 0) is 24.1 Å². The summed E-state index contributed by atoms with van der Waals surface area (Å²) < 4.78 is 56.0. The van der Waals surface area contributed by atoms with Gasteiger partial charge in [0, 0.05) is 5.69 Å². The van der Waals surface area contributed by atoms with Crippen molar-refractivity contribution >= 4 is 25.9 Å². The molecule has 0 aliphatic heterocycles. The second kappa shape index (κ2) is 5.45. The SMILES string of the molecule is CCc1c(S(=O)(=O)OC)cc(N)cc1S(=O)(=O)OC. The Labute approximate surface area is 112 Å². The minimum Gasteiger partial charge on any atom is -0.399 e. The van der Waals surface area contributed by atoms with E-state index in [-0.39, 0.29) is 27.5 Å². The van der Waals surface area contributed by atoms with E-state index in [1.165, 1.54) is 0 Å². The van der Waals surface area contributed by atoms with Gasteiger partial charge >= 0.3 is 0 Å². The Hall–Kier alpha value is -1.16. The number of anilines is 1. The second-order valence-electron chi connectivity index (χ2n) is 3.59. The minimum absolute atomic E-state index is 0.0107. The Kier molecular flexibility index (Phi) is 4.56. The van der Waals surface area contributed by atoms with E-state index in [0.29, 0.717) is 0 Å². The molecule has 1 aromatic carbocycles. The first-order valence-corrected chi connectivity index (χ1v) is 8.05. The van der Waals surface area contributed by atoms with Gasteiger partial charge in [-0.1, -0.05) is 6.92 Å². The molecular weight excluding hydrogens is 294 g/mol. The van der Waals surface area contributed by atoms with Crippen LogP contribution in [0.5, 0.6) is 0 Å². The smallest absolute Gasteiger partial charge is 0.297 e. The zero-order valence-corrected chi connectivity index (χ0v) is 12.3. The van der Waals surface area contributed by atoms with Crippen molar-refractivity contribution in [2.75, 3.05) is 20.0 Å². The Morgan fingerprint density at radius 3 is 1.63 bits per heavy atom. The summed E-state index contributed by atoms with van der Waals surface area (Å²) in [7, 11) is -6.13. The lowest BCUT2D eigenvalue weighted by atomic mass is 10.1. The van der Waals surface area contributed by atoms with Gasteiger partial charge < -0.3 is 5.73 Å². The van der Waals surface area contributed by atoms with Crippen LogP contribution in [-0.4, -0.2) is 31.1 Å². The fourth-order valence-electron chi connectivity index (χ4n) is 1.61. The molecule has 7 nitrogen and oxygen atoms in total. The van der Waals surface area contributed by atoms with E-state index in [9.17, 15) is 16.8 Å². The standard InChI is InChI=1S/C10H15NO6S2/c1-4-8-9(18(12,13)16-2)5-7(11)6-10(8)19(14,15)17-3/h5-6H,4,11H2,1-3H3. The Bertz CT molecular complexity index is 623. The van der Waals surface area contributed by atoms with Crippen LogP contribution in [0.1, 0.15) is 12.5 Å². The maximum absolute atomic E-state index is 11.8. The third-order valence-corrected chi connectivity index (χ3v) is 5.20. The molecule has 1 rings (SSSR count). The minimum atomic E-state index is -4.05. The first kappa shape index (κ1) is 15.9. The highest BCUT2D eigenvalue weighted by Crippen LogP contribution is 2.29. The van der Waals surface area contributed by atoms with Gasteiger partial charge in [0.05, 0.1) is 14.2 Å². The molecule has 0 aromatic heterocycles. The molecule has 2 N–H and O–H groups in total. The summed E-state index contributed by atoms with van der Waals surface area (Å²) in [4.78, 5) is -0.541. The van der Waals surface area contributed by atoms with Gasteiger partial charge in [-0.25, -0.2) is 0 Å². The third-order valence-electron chi connectivity index (χ3n) is 2.52. The fourth-order valence-corrected chi connectivity index (χ4v) is 3.71. The fraction of sp³-hybridized carbons (Fsp3) is 0.400. The van der Waals surface area contributed by atoms with Crippen molar-refractivity contribution in [1.29, 1.82) is 0 Å². The topological polar surface area (TPSA) is 113 Å². The molecule has 19 heavy (non-hydrogen) atoms. The molecule has 0 aliphatic rings. The number of benzene rings is 1. The van der Waals surface area contributed by atoms with Crippen LogP contribution in [0.4, 0.5) is 5.69 Å². The maximum atomic E-state index is 11.8. The van der Waals surface area contributed by atoms with Crippen LogP contribution in [0.2, 0.25) is 0 Å². The molecule has 9 heteroatoms. The first-order valence-electron chi connectivity index (χ1n) is 5.23. The van der Waals surface area contributed by atoms with Crippen LogP contribution in [0.15, 0.2) is 21.9 Å². The van der Waals surface area contributed by atoms with Crippen molar-refractivity contribution in [1.82, 2.24) is 0 Å². The summed E-state index contributed by atoms with van der Waals surface area (Å²) in [6, 6.07) is 2.32. The average molecular weight is 309 g/mol. The summed E-state index contributed by atoms with van der Waals surface area (Å²) >= 11 is 0. The summed E-state index contributed by atoms with van der Waals surface area (Å²) in [6.07, 6.45) is 0.163. The monoisotopic (exact) mass is 309 g/mol. The van der Waals surface area contributed by atoms with E-state index < -0.39 is 20.2 Å². The van der Waals surface area contributed by atoms with Crippen molar-refractivity contribution in [2.24, 2.45) is 0 Å². The Morgan fingerprint density at radius 1 is 1.00 bits per heavy atom. The quantitative estimate of drug-likeness (QED) is 0.622. The predicted octanol–water partition coefficient (Wildman–Crippen LogP) is 0.501. The Morgan fingerprint density at radius 2 is 1.37 bits per heavy atom. The van der Waals surface area contributed by atoms with Crippen LogP contribution in [0.3, 0.4) is 0 Å². The van der Waals surface area contributed by atoms with E-state index in [4.69, 9.17) is 5.73 Å². The summed E-state index contributed by atoms with van der Waals surface area (Å²) in [5, 5.41) is 0. The highest BCUT2D eigenvalue weighted by molar-refractivity contribution is 7.87. The molecule has 108 valence electrons. The first-order chi connectivity index (χ1) is 8.69. The van der Waals surface area contributed by atoms with Crippen LogP contribution in [-0.2, 0) is 35.0 Å². The van der Waals surface area contributed by atoms with Crippen molar-refractivity contribution in [2.45, 2.75) is 23.1 Å². The maximum Gasteiger partial charge on any atom is 0.297 e. The van der Waals surface area contributed by atoms with Gasteiger partial charge in [-0.2, -0.15) is 16.8 Å². The third kappa shape index (κ3) is 3.06. The molecule has 0 bridgehead atoms. The molecule has 0 radical (unpaired) electrons. The van der Waals surface area contributed by atoms with Gasteiger partial charge in [-0.15, -0.1) is 0 Å². The number of nitrogens with two attached hydrogens (primary N) is 1. The van der Waals surface area contributed by atoms with Gasteiger partial charge in [0.1, 0.15) is 9.79 Å². The largest absolute Gasteiger partial charge is 0.399 e. The van der Waals surface area contributed by atoms with Crippen LogP contribution in [0, 0.1) is 0 Å². The van der Waals surface area contributed by atoms with E-state index in [1.54, 1.807) is 6.92 Å². The molecule has 0 heterocycles. The highest BCUT2D eigenvalue weighted by atomic mass is 32.2. The summed E-state index contributed by atoms with van der Waals surface area (Å²) in [5.41, 5.74) is 5.62. The van der Waals surface area contributed by atoms with Gasteiger partial charge in [-0.3, -0.25) is 8.37 Å². The van der Waals surface area contributed by atoms with Crippen molar-refractivity contribution in [3.63, 3.8) is 0 Å². The molecule has 0 unspecified atom stereocenters. The lowest BCUT2D eigenvalue weighted by Gasteiger charge is -2.13. The number of hydrogen-bond acceptors (Lipinski definition) is 7. The molecular formula is C10H15NO6S2. The molecule has 0 aliphatic carbocycles. The second-order valence-corrected chi connectivity index (χ2v) is 6.95. The van der Waals surface area contributed by atoms with Crippen LogP contribution >= 0.6 is 0 Å². The average Bonchev–Trinajstić information content (AvgIpc) is 2.37. The normalized spacial score (nSPS) is 12.6.